The van der Waals surface area contributed by atoms with Crippen LogP contribution in [-0.2, 0) is 11.3 Å². The molecule has 0 saturated carbocycles. The fourth-order valence-electron chi connectivity index (χ4n) is 2.51. The lowest BCUT2D eigenvalue weighted by molar-refractivity contribution is -0.122. The monoisotopic (exact) mass is 270 g/mol. The maximum atomic E-state index is 12.0. The number of para-hydroxylation sites is 1. The largest absolute Gasteiger partial charge is 0.351 e. The van der Waals surface area contributed by atoms with E-state index in [9.17, 15) is 4.79 Å². The highest BCUT2D eigenvalue weighted by Crippen LogP contribution is 2.13. The Morgan fingerprint density at radius 3 is 3.05 bits per heavy atom. The second-order valence-electron chi connectivity index (χ2n) is 4.95. The zero-order valence-corrected chi connectivity index (χ0v) is 11.2. The summed E-state index contributed by atoms with van der Waals surface area (Å²) in [6, 6.07) is 9.81. The summed E-state index contributed by atoms with van der Waals surface area (Å²) in [5.74, 6) is 0.0813. The summed E-state index contributed by atoms with van der Waals surface area (Å²) in [7, 11) is 0. The maximum absolute atomic E-state index is 12.0. The molecule has 2 aromatic rings. The highest BCUT2D eigenvalue weighted by Gasteiger charge is 2.21. The van der Waals surface area contributed by atoms with E-state index in [1.165, 1.54) is 0 Å². The van der Waals surface area contributed by atoms with Crippen LogP contribution in [0.4, 0.5) is 0 Å². The fraction of sp³-hybridized carbons (Fsp3) is 0.333. The van der Waals surface area contributed by atoms with Crippen LogP contribution in [0.3, 0.4) is 0 Å². The molecule has 0 aliphatic carbocycles. The molecular formula is C15H18N4O. The molecule has 0 unspecified atom stereocenters. The number of nitrogens with one attached hydrogen (secondary N) is 2. The van der Waals surface area contributed by atoms with Gasteiger partial charge in [-0.1, -0.05) is 18.2 Å². The normalized spacial score (nSPS) is 18.1. The number of hydrogen-bond donors (Lipinski definition) is 2. The Kier molecular flexibility index (Phi) is 3.78. The SMILES string of the molecule is O=C(NCc1ccccc1-n1cccn1)[C@@H]1CCCN1. The summed E-state index contributed by atoms with van der Waals surface area (Å²) in [6.45, 7) is 1.45. The van der Waals surface area contributed by atoms with Crippen molar-refractivity contribution < 1.29 is 4.79 Å². The van der Waals surface area contributed by atoms with E-state index in [4.69, 9.17) is 0 Å². The number of nitrogens with zero attached hydrogens (tertiary/aromatic N) is 2. The molecule has 2 heterocycles. The summed E-state index contributed by atoms with van der Waals surface area (Å²) in [5.41, 5.74) is 2.06. The van der Waals surface area contributed by atoms with Gasteiger partial charge in [-0.25, -0.2) is 4.68 Å². The molecule has 1 saturated heterocycles. The first-order valence-corrected chi connectivity index (χ1v) is 6.93. The molecule has 1 aromatic carbocycles. The molecule has 0 radical (unpaired) electrons. The highest BCUT2D eigenvalue weighted by atomic mass is 16.2. The lowest BCUT2D eigenvalue weighted by Gasteiger charge is -2.13. The Morgan fingerprint density at radius 1 is 1.40 bits per heavy atom. The number of rotatable bonds is 4. The fourth-order valence-corrected chi connectivity index (χ4v) is 2.51. The van der Waals surface area contributed by atoms with Crippen molar-refractivity contribution in [2.24, 2.45) is 0 Å². The van der Waals surface area contributed by atoms with Crippen molar-refractivity contribution in [3.05, 3.63) is 48.3 Å². The van der Waals surface area contributed by atoms with Gasteiger partial charge in [-0.15, -0.1) is 0 Å². The van der Waals surface area contributed by atoms with Crippen molar-refractivity contribution in [1.82, 2.24) is 20.4 Å². The molecule has 0 bridgehead atoms. The maximum Gasteiger partial charge on any atom is 0.237 e. The van der Waals surface area contributed by atoms with E-state index >= 15 is 0 Å². The number of hydrogen-bond acceptors (Lipinski definition) is 3. The van der Waals surface area contributed by atoms with E-state index in [-0.39, 0.29) is 11.9 Å². The van der Waals surface area contributed by atoms with Crippen LogP contribution < -0.4 is 10.6 Å². The Labute approximate surface area is 118 Å². The van der Waals surface area contributed by atoms with Crippen LogP contribution in [-0.4, -0.2) is 28.3 Å². The number of amides is 1. The molecule has 0 spiro atoms. The van der Waals surface area contributed by atoms with E-state index in [0.29, 0.717) is 6.54 Å². The minimum atomic E-state index is -0.0353. The molecule has 1 amide bonds. The Balaban J connectivity index is 1.70. The molecule has 20 heavy (non-hydrogen) atoms. The Bertz CT molecular complexity index is 573. The second kappa shape index (κ2) is 5.88. The smallest absolute Gasteiger partial charge is 0.237 e. The summed E-state index contributed by atoms with van der Waals surface area (Å²) in [4.78, 5) is 12.0. The highest BCUT2D eigenvalue weighted by molar-refractivity contribution is 5.82. The molecule has 1 fully saturated rings. The van der Waals surface area contributed by atoms with Gasteiger partial charge in [0.05, 0.1) is 11.7 Å². The van der Waals surface area contributed by atoms with Crippen LogP contribution in [0.5, 0.6) is 0 Å². The molecule has 1 atom stereocenters. The Hall–Kier alpha value is -2.14. The van der Waals surface area contributed by atoms with Crippen LogP contribution in [0.15, 0.2) is 42.7 Å². The van der Waals surface area contributed by atoms with E-state index in [1.807, 2.05) is 41.2 Å². The molecule has 1 aromatic heterocycles. The second-order valence-corrected chi connectivity index (χ2v) is 4.95. The van der Waals surface area contributed by atoms with Gasteiger partial charge in [0.1, 0.15) is 0 Å². The molecule has 5 heteroatoms. The lowest BCUT2D eigenvalue weighted by Crippen LogP contribution is -2.40. The minimum Gasteiger partial charge on any atom is -0.351 e. The average molecular weight is 270 g/mol. The summed E-state index contributed by atoms with van der Waals surface area (Å²) in [6.07, 6.45) is 5.64. The van der Waals surface area contributed by atoms with E-state index in [2.05, 4.69) is 15.7 Å². The first kappa shape index (κ1) is 12.9. The Morgan fingerprint density at radius 2 is 2.30 bits per heavy atom. The van der Waals surface area contributed by atoms with Crippen molar-refractivity contribution >= 4 is 5.91 Å². The summed E-state index contributed by atoms with van der Waals surface area (Å²) in [5, 5.41) is 10.4. The number of carbonyl (C=O) groups excluding carboxylic acids is 1. The molecule has 2 N–H and O–H groups in total. The van der Waals surface area contributed by atoms with Gasteiger partial charge in [0.15, 0.2) is 0 Å². The van der Waals surface area contributed by atoms with Gasteiger partial charge in [-0.05, 0) is 37.1 Å². The van der Waals surface area contributed by atoms with Crippen molar-refractivity contribution in [3.8, 4) is 5.69 Å². The number of benzene rings is 1. The van der Waals surface area contributed by atoms with E-state index in [0.717, 1.165) is 30.6 Å². The third kappa shape index (κ3) is 2.72. The van der Waals surface area contributed by atoms with E-state index < -0.39 is 0 Å². The van der Waals surface area contributed by atoms with Gasteiger partial charge in [-0.3, -0.25) is 4.79 Å². The quantitative estimate of drug-likeness (QED) is 0.879. The predicted molar refractivity (Wildman–Crippen MR) is 76.4 cm³/mol. The van der Waals surface area contributed by atoms with Gasteiger partial charge in [0.25, 0.3) is 0 Å². The van der Waals surface area contributed by atoms with Gasteiger partial charge in [0, 0.05) is 18.9 Å². The van der Waals surface area contributed by atoms with Crippen molar-refractivity contribution in [3.63, 3.8) is 0 Å². The molecular weight excluding hydrogens is 252 g/mol. The standard InChI is InChI=1S/C15H18N4O/c20-15(13-6-3-8-16-13)17-11-12-5-1-2-7-14(12)19-10-4-9-18-19/h1-2,4-5,7,9-10,13,16H,3,6,8,11H2,(H,17,20)/t13-/m0/s1. The third-order valence-electron chi connectivity index (χ3n) is 3.57. The summed E-state index contributed by atoms with van der Waals surface area (Å²) >= 11 is 0. The third-order valence-corrected chi connectivity index (χ3v) is 3.57. The van der Waals surface area contributed by atoms with E-state index in [1.54, 1.807) is 6.20 Å². The van der Waals surface area contributed by atoms with Crippen molar-refractivity contribution in [2.45, 2.75) is 25.4 Å². The zero-order valence-electron chi connectivity index (χ0n) is 11.2. The van der Waals surface area contributed by atoms with Crippen LogP contribution >= 0.6 is 0 Å². The van der Waals surface area contributed by atoms with Gasteiger partial charge >= 0.3 is 0 Å². The average Bonchev–Trinajstić information content (AvgIpc) is 3.17. The lowest BCUT2D eigenvalue weighted by atomic mass is 10.1. The number of carbonyl (C=O) groups is 1. The predicted octanol–water partition coefficient (Wildman–Crippen LogP) is 1.24. The van der Waals surface area contributed by atoms with Crippen molar-refractivity contribution in [2.75, 3.05) is 6.54 Å². The van der Waals surface area contributed by atoms with Crippen LogP contribution in [0, 0.1) is 0 Å². The van der Waals surface area contributed by atoms with Gasteiger partial charge < -0.3 is 10.6 Å². The van der Waals surface area contributed by atoms with Crippen LogP contribution in [0.1, 0.15) is 18.4 Å². The molecule has 5 nitrogen and oxygen atoms in total. The van der Waals surface area contributed by atoms with Gasteiger partial charge in [0.2, 0.25) is 5.91 Å². The van der Waals surface area contributed by atoms with Crippen LogP contribution in [0.25, 0.3) is 5.69 Å². The summed E-state index contributed by atoms with van der Waals surface area (Å²) < 4.78 is 1.81. The van der Waals surface area contributed by atoms with Crippen LogP contribution in [0.2, 0.25) is 0 Å². The molecule has 3 rings (SSSR count). The molecule has 1 aliphatic heterocycles. The van der Waals surface area contributed by atoms with Gasteiger partial charge in [-0.2, -0.15) is 5.10 Å². The first-order chi connectivity index (χ1) is 9.84. The molecule has 104 valence electrons. The zero-order chi connectivity index (χ0) is 13.8. The number of aromatic nitrogens is 2. The topological polar surface area (TPSA) is 59.0 Å². The van der Waals surface area contributed by atoms with Crippen molar-refractivity contribution in [1.29, 1.82) is 0 Å². The molecule has 1 aliphatic rings. The minimum absolute atomic E-state index is 0.0353. The first-order valence-electron chi connectivity index (χ1n) is 6.93.